The molecule has 20 heavy (non-hydrogen) atoms. The third-order valence-corrected chi connectivity index (χ3v) is 4.08. The van der Waals surface area contributed by atoms with E-state index in [0.29, 0.717) is 18.3 Å². The summed E-state index contributed by atoms with van der Waals surface area (Å²) in [5, 5.41) is 0. The molecule has 0 bridgehead atoms. The van der Waals surface area contributed by atoms with Crippen molar-refractivity contribution < 1.29 is 4.74 Å². The van der Waals surface area contributed by atoms with Gasteiger partial charge in [-0.05, 0) is 13.8 Å². The predicted molar refractivity (Wildman–Crippen MR) is 81.3 cm³/mol. The molecule has 0 atom stereocenters. The van der Waals surface area contributed by atoms with E-state index in [4.69, 9.17) is 10.5 Å². The van der Waals surface area contributed by atoms with Crippen LogP contribution in [0.15, 0.2) is 5.51 Å². The molecule has 2 aromatic rings. The molecule has 0 saturated heterocycles. The molecule has 2 rings (SSSR count). The van der Waals surface area contributed by atoms with E-state index in [0.717, 1.165) is 23.5 Å². The summed E-state index contributed by atoms with van der Waals surface area (Å²) in [7, 11) is 0. The highest BCUT2D eigenvalue weighted by Gasteiger charge is 2.12. The van der Waals surface area contributed by atoms with Crippen LogP contribution in [0.5, 0.6) is 5.88 Å². The summed E-state index contributed by atoms with van der Waals surface area (Å²) in [4.78, 5) is 14.2. The monoisotopic (exact) mass is 292 g/mol. The highest BCUT2D eigenvalue weighted by Crippen LogP contribution is 2.23. The number of nitrogens with two attached hydrogens (primary N) is 1. The maximum atomic E-state index is 5.91. The number of aromatic nitrogens is 3. The van der Waals surface area contributed by atoms with Crippen LogP contribution in [0.1, 0.15) is 41.7 Å². The van der Waals surface area contributed by atoms with Crippen LogP contribution in [0.2, 0.25) is 0 Å². The minimum Gasteiger partial charge on any atom is -0.477 e. The summed E-state index contributed by atoms with van der Waals surface area (Å²) in [6.45, 7) is 8.53. The van der Waals surface area contributed by atoms with Gasteiger partial charge in [-0.3, -0.25) is 0 Å². The molecule has 2 heterocycles. The molecule has 6 heteroatoms. The van der Waals surface area contributed by atoms with Crippen LogP contribution in [0, 0.1) is 13.8 Å². The molecule has 0 aliphatic carbocycles. The minimum atomic E-state index is 0.226. The van der Waals surface area contributed by atoms with Crippen LogP contribution in [0.3, 0.4) is 0 Å². The zero-order valence-electron chi connectivity index (χ0n) is 12.3. The summed E-state index contributed by atoms with van der Waals surface area (Å²) in [6.07, 6.45) is 0.830. The maximum absolute atomic E-state index is 5.91. The predicted octanol–water partition coefficient (Wildman–Crippen LogP) is 2.88. The minimum absolute atomic E-state index is 0.226. The number of hydrogen-bond acceptors (Lipinski definition) is 6. The summed E-state index contributed by atoms with van der Waals surface area (Å²) in [5.41, 5.74) is 9.64. The lowest BCUT2D eigenvalue weighted by Crippen LogP contribution is -2.10. The average Bonchev–Trinajstić information content (AvgIpc) is 2.80. The Morgan fingerprint density at radius 2 is 2.05 bits per heavy atom. The van der Waals surface area contributed by atoms with E-state index in [-0.39, 0.29) is 5.92 Å². The average molecular weight is 292 g/mol. The molecule has 0 aliphatic heterocycles. The first-order valence-corrected chi connectivity index (χ1v) is 7.52. The second kappa shape index (κ2) is 6.17. The Kier molecular flexibility index (Phi) is 4.54. The molecule has 108 valence electrons. The van der Waals surface area contributed by atoms with E-state index in [2.05, 4.69) is 15.0 Å². The van der Waals surface area contributed by atoms with Crippen LogP contribution in [0.4, 0.5) is 5.82 Å². The first-order chi connectivity index (χ1) is 9.49. The van der Waals surface area contributed by atoms with Crippen LogP contribution in [-0.2, 0) is 6.42 Å². The van der Waals surface area contributed by atoms with Gasteiger partial charge in [0.2, 0.25) is 5.88 Å². The number of aryl methyl sites for hydroxylation is 1. The molecule has 0 aromatic carbocycles. The lowest BCUT2D eigenvalue weighted by Gasteiger charge is -2.12. The molecule has 0 amide bonds. The first-order valence-electron chi connectivity index (χ1n) is 6.64. The van der Waals surface area contributed by atoms with Gasteiger partial charge in [-0.1, -0.05) is 13.8 Å². The van der Waals surface area contributed by atoms with E-state index in [1.54, 1.807) is 11.3 Å². The van der Waals surface area contributed by atoms with Crippen LogP contribution in [0.25, 0.3) is 0 Å². The number of rotatable bonds is 5. The van der Waals surface area contributed by atoms with Crippen molar-refractivity contribution in [2.75, 3.05) is 12.3 Å². The normalized spacial score (nSPS) is 11.1. The van der Waals surface area contributed by atoms with Gasteiger partial charge in [-0.2, -0.15) is 4.98 Å². The number of thiazole rings is 1. The van der Waals surface area contributed by atoms with E-state index in [1.165, 1.54) is 4.88 Å². The van der Waals surface area contributed by atoms with E-state index in [9.17, 15) is 0 Å². The van der Waals surface area contributed by atoms with Crippen molar-refractivity contribution in [1.29, 1.82) is 0 Å². The van der Waals surface area contributed by atoms with Crippen molar-refractivity contribution in [3.63, 3.8) is 0 Å². The molecule has 0 unspecified atom stereocenters. The van der Waals surface area contributed by atoms with Crippen molar-refractivity contribution >= 4 is 17.2 Å². The Hall–Kier alpha value is -1.69. The van der Waals surface area contributed by atoms with Gasteiger partial charge in [-0.15, -0.1) is 11.3 Å². The van der Waals surface area contributed by atoms with Crippen LogP contribution in [-0.4, -0.2) is 21.6 Å². The van der Waals surface area contributed by atoms with Gasteiger partial charge in [0.15, 0.2) is 0 Å². The van der Waals surface area contributed by atoms with Crippen molar-refractivity contribution in [1.82, 2.24) is 15.0 Å². The zero-order chi connectivity index (χ0) is 14.7. The fraction of sp³-hybridized carbons (Fsp3) is 0.500. The third kappa shape index (κ3) is 3.25. The van der Waals surface area contributed by atoms with Gasteiger partial charge in [0.1, 0.15) is 11.6 Å². The van der Waals surface area contributed by atoms with E-state index < -0.39 is 0 Å². The molecule has 0 fully saturated rings. The molecular formula is C14H20N4OS. The second-order valence-corrected chi connectivity index (χ2v) is 5.95. The van der Waals surface area contributed by atoms with Crippen molar-refractivity contribution in [3.8, 4) is 5.88 Å². The van der Waals surface area contributed by atoms with Gasteiger partial charge >= 0.3 is 0 Å². The number of anilines is 1. The SMILES string of the molecule is Cc1ncsc1CCOc1nc(C(C)C)nc(N)c1C. The molecule has 0 spiro atoms. The van der Waals surface area contributed by atoms with Crippen molar-refractivity contribution in [3.05, 3.63) is 27.5 Å². The van der Waals surface area contributed by atoms with Gasteiger partial charge < -0.3 is 10.5 Å². The Morgan fingerprint density at radius 1 is 1.30 bits per heavy atom. The molecule has 0 saturated carbocycles. The molecule has 2 aromatic heterocycles. The Balaban J connectivity index is 2.07. The van der Waals surface area contributed by atoms with Gasteiger partial charge in [-0.25, -0.2) is 9.97 Å². The summed E-state index contributed by atoms with van der Waals surface area (Å²) in [6, 6.07) is 0. The Bertz CT molecular complexity index is 595. The van der Waals surface area contributed by atoms with E-state index >= 15 is 0 Å². The van der Waals surface area contributed by atoms with Gasteiger partial charge in [0.25, 0.3) is 0 Å². The number of nitrogens with zero attached hydrogens (tertiary/aromatic N) is 3. The smallest absolute Gasteiger partial charge is 0.221 e. The fourth-order valence-electron chi connectivity index (χ4n) is 1.73. The fourth-order valence-corrected chi connectivity index (χ4v) is 2.50. The largest absolute Gasteiger partial charge is 0.477 e. The maximum Gasteiger partial charge on any atom is 0.221 e. The lowest BCUT2D eigenvalue weighted by atomic mass is 10.2. The van der Waals surface area contributed by atoms with Crippen LogP contribution < -0.4 is 10.5 Å². The van der Waals surface area contributed by atoms with Crippen molar-refractivity contribution in [2.24, 2.45) is 0 Å². The van der Waals surface area contributed by atoms with Gasteiger partial charge in [0, 0.05) is 17.2 Å². The Morgan fingerprint density at radius 3 is 2.65 bits per heavy atom. The number of nitrogen functional groups attached to an aromatic ring is 1. The van der Waals surface area contributed by atoms with Gasteiger partial charge in [0.05, 0.1) is 23.4 Å². The molecule has 0 radical (unpaired) electrons. The first kappa shape index (κ1) is 14.7. The number of ether oxygens (including phenoxy) is 1. The van der Waals surface area contributed by atoms with Crippen LogP contribution >= 0.6 is 11.3 Å². The summed E-state index contributed by atoms with van der Waals surface area (Å²) < 4.78 is 5.78. The number of hydrogen-bond donors (Lipinski definition) is 1. The highest BCUT2D eigenvalue weighted by molar-refractivity contribution is 7.09. The quantitative estimate of drug-likeness (QED) is 0.917. The summed E-state index contributed by atoms with van der Waals surface area (Å²) in [5.74, 6) is 2.03. The highest BCUT2D eigenvalue weighted by atomic mass is 32.1. The molecular weight excluding hydrogens is 272 g/mol. The topological polar surface area (TPSA) is 73.9 Å². The van der Waals surface area contributed by atoms with E-state index in [1.807, 2.05) is 33.2 Å². The van der Waals surface area contributed by atoms with Crippen molar-refractivity contribution in [2.45, 2.75) is 40.0 Å². The standard InChI is InChI=1S/C14H20N4OS/c1-8(2)13-17-12(15)9(3)14(18-13)19-6-5-11-10(4)16-7-20-11/h7-8H,5-6H2,1-4H3,(H2,15,17,18). The summed E-state index contributed by atoms with van der Waals surface area (Å²) >= 11 is 1.65. The third-order valence-electron chi connectivity index (χ3n) is 3.09. The molecule has 0 aliphatic rings. The Labute approximate surface area is 123 Å². The second-order valence-electron chi connectivity index (χ2n) is 5.01. The molecule has 2 N–H and O–H groups in total. The molecule has 5 nitrogen and oxygen atoms in total. The lowest BCUT2D eigenvalue weighted by molar-refractivity contribution is 0.306. The zero-order valence-corrected chi connectivity index (χ0v) is 13.1.